The number of nitro benzene ring substituents is 2. The number of nitrogens with zero attached hydrogens (tertiary/aromatic N) is 2. The van der Waals surface area contributed by atoms with Crippen molar-refractivity contribution in [3.8, 4) is 0 Å². The first-order valence-corrected chi connectivity index (χ1v) is 6.20. The summed E-state index contributed by atoms with van der Waals surface area (Å²) in [4.78, 5) is 32.6. The number of carbonyl (C=O) groups is 1. The molecule has 0 saturated carbocycles. The summed E-state index contributed by atoms with van der Waals surface area (Å²) in [6, 6.07) is 11.5. The van der Waals surface area contributed by atoms with E-state index >= 15 is 0 Å². The molecule has 0 heterocycles. The third-order valence-corrected chi connectivity index (χ3v) is 2.91. The van der Waals surface area contributed by atoms with Crippen molar-refractivity contribution in [3.05, 3.63) is 86.0 Å². The van der Waals surface area contributed by atoms with Gasteiger partial charge in [0.2, 0.25) is 0 Å². The van der Waals surface area contributed by atoms with Crippen molar-refractivity contribution in [1.29, 1.82) is 0 Å². The average molecular weight is 298 g/mol. The number of benzene rings is 2. The number of hydrogen-bond acceptors (Lipinski definition) is 5. The molecule has 0 aromatic heterocycles. The van der Waals surface area contributed by atoms with Gasteiger partial charge in [-0.05, 0) is 24.3 Å². The van der Waals surface area contributed by atoms with Gasteiger partial charge in [0.15, 0.2) is 5.78 Å². The minimum Gasteiger partial charge on any atom is -0.289 e. The minimum atomic E-state index is -0.647. The zero-order valence-electron chi connectivity index (χ0n) is 11.2. The van der Waals surface area contributed by atoms with E-state index in [0.717, 1.165) is 6.08 Å². The summed E-state index contributed by atoms with van der Waals surface area (Å²) in [7, 11) is 0. The predicted molar refractivity (Wildman–Crippen MR) is 79.6 cm³/mol. The van der Waals surface area contributed by atoms with Crippen LogP contribution in [0.2, 0.25) is 0 Å². The van der Waals surface area contributed by atoms with Crippen molar-refractivity contribution in [2.45, 2.75) is 0 Å². The lowest BCUT2D eigenvalue weighted by Crippen LogP contribution is -2.00. The number of carbonyl (C=O) groups excluding carboxylic acids is 1. The van der Waals surface area contributed by atoms with Gasteiger partial charge in [-0.3, -0.25) is 25.0 Å². The lowest BCUT2D eigenvalue weighted by molar-refractivity contribution is -0.385. The van der Waals surface area contributed by atoms with Crippen LogP contribution < -0.4 is 0 Å². The number of para-hydroxylation sites is 2. The van der Waals surface area contributed by atoms with Gasteiger partial charge in [-0.25, -0.2) is 0 Å². The monoisotopic (exact) mass is 298 g/mol. The maximum Gasteiger partial charge on any atom is 0.280 e. The quantitative estimate of drug-likeness (QED) is 0.364. The third kappa shape index (κ3) is 3.21. The molecule has 0 fully saturated rings. The molecule has 2 aromatic rings. The molecule has 0 radical (unpaired) electrons. The number of hydrogen-bond donors (Lipinski definition) is 0. The van der Waals surface area contributed by atoms with Crippen molar-refractivity contribution in [2.24, 2.45) is 0 Å². The second kappa shape index (κ2) is 6.40. The molecule has 0 bridgehead atoms. The highest BCUT2D eigenvalue weighted by Crippen LogP contribution is 2.21. The average Bonchev–Trinajstić information content (AvgIpc) is 2.52. The van der Waals surface area contributed by atoms with Gasteiger partial charge in [0.25, 0.3) is 11.4 Å². The molecule has 0 aliphatic rings. The van der Waals surface area contributed by atoms with E-state index in [-0.39, 0.29) is 22.5 Å². The molecule has 2 aromatic carbocycles. The molecule has 0 atom stereocenters. The van der Waals surface area contributed by atoms with Crippen LogP contribution in [0.15, 0.2) is 54.6 Å². The molecule has 7 nitrogen and oxygen atoms in total. The Morgan fingerprint density at radius 3 is 2.05 bits per heavy atom. The SMILES string of the molecule is O=C(/C=C/c1ccccc1[N+](=O)[O-])c1ccccc1[N+](=O)[O-]. The van der Waals surface area contributed by atoms with E-state index in [1.54, 1.807) is 6.07 Å². The summed E-state index contributed by atoms with van der Waals surface area (Å²) in [6.45, 7) is 0. The zero-order chi connectivity index (χ0) is 16.1. The zero-order valence-corrected chi connectivity index (χ0v) is 11.2. The molecule has 22 heavy (non-hydrogen) atoms. The molecule has 7 heteroatoms. The first kappa shape index (κ1) is 15.0. The molecule has 0 amide bonds. The maximum absolute atomic E-state index is 12.1. The second-order valence-electron chi connectivity index (χ2n) is 4.29. The highest BCUT2D eigenvalue weighted by atomic mass is 16.6. The Morgan fingerprint density at radius 2 is 1.41 bits per heavy atom. The molecule has 110 valence electrons. The Morgan fingerprint density at radius 1 is 0.864 bits per heavy atom. The molecule has 0 N–H and O–H groups in total. The van der Waals surface area contributed by atoms with E-state index in [1.165, 1.54) is 48.5 Å². The van der Waals surface area contributed by atoms with Crippen LogP contribution in [-0.4, -0.2) is 15.6 Å². The van der Waals surface area contributed by atoms with Gasteiger partial charge in [-0.1, -0.05) is 24.3 Å². The van der Waals surface area contributed by atoms with E-state index < -0.39 is 15.6 Å². The van der Waals surface area contributed by atoms with Crippen molar-refractivity contribution in [1.82, 2.24) is 0 Å². The summed E-state index contributed by atoms with van der Waals surface area (Å²) in [5.74, 6) is -0.592. The van der Waals surface area contributed by atoms with Gasteiger partial charge in [0, 0.05) is 12.1 Å². The van der Waals surface area contributed by atoms with Gasteiger partial charge >= 0.3 is 0 Å². The molecular weight excluding hydrogens is 288 g/mol. The van der Waals surface area contributed by atoms with Crippen LogP contribution in [0.3, 0.4) is 0 Å². The Labute approximate surface area is 124 Å². The largest absolute Gasteiger partial charge is 0.289 e. The standard InChI is InChI=1S/C15H10N2O5/c18-15(12-6-2-4-8-14(12)17(21)22)10-9-11-5-1-3-7-13(11)16(19)20/h1-10H/b10-9+. The Bertz CT molecular complexity index is 783. The number of ketones is 1. The molecule has 0 saturated heterocycles. The highest BCUT2D eigenvalue weighted by molar-refractivity contribution is 6.09. The van der Waals surface area contributed by atoms with Crippen molar-refractivity contribution < 1.29 is 14.6 Å². The van der Waals surface area contributed by atoms with Crippen LogP contribution in [0.25, 0.3) is 6.08 Å². The predicted octanol–water partition coefficient (Wildman–Crippen LogP) is 3.40. The van der Waals surface area contributed by atoms with Crippen LogP contribution in [0, 0.1) is 20.2 Å². The Hall–Kier alpha value is -3.35. The summed E-state index contributed by atoms with van der Waals surface area (Å²) >= 11 is 0. The summed E-state index contributed by atoms with van der Waals surface area (Å²) in [6.07, 6.45) is 2.36. The van der Waals surface area contributed by atoms with Gasteiger partial charge in [-0.2, -0.15) is 0 Å². The second-order valence-corrected chi connectivity index (χ2v) is 4.29. The first-order chi connectivity index (χ1) is 10.5. The van der Waals surface area contributed by atoms with Crippen LogP contribution in [-0.2, 0) is 0 Å². The third-order valence-electron chi connectivity index (χ3n) is 2.91. The normalized spacial score (nSPS) is 10.5. The van der Waals surface area contributed by atoms with Gasteiger partial charge < -0.3 is 0 Å². The van der Waals surface area contributed by atoms with E-state index in [4.69, 9.17) is 0 Å². The van der Waals surface area contributed by atoms with E-state index in [2.05, 4.69) is 0 Å². The molecular formula is C15H10N2O5. The smallest absolute Gasteiger partial charge is 0.280 e. The lowest BCUT2D eigenvalue weighted by Gasteiger charge is -1.99. The maximum atomic E-state index is 12.1. The van der Waals surface area contributed by atoms with Crippen LogP contribution in [0.4, 0.5) is 11.4 Å². The minimum absolute atomic E-state index is 0.0673. The summed E-state index contributed by atoms with van der Waals surface area (Å²) < 4.78 is 0. The molecule has 0 spiro atoms. The van der Waals surface area contributed by atoms with Crippen LogP contribution >= 0.6 is 0 Å². The first-order valence-electron chi connectivity index (χ1n) is 6.20. The summed E-state index contributed by atoms with van der Waals surface area (Å²) in [5, 5.41) is 21.8. The van der Waals surface area contributed by atoms with Crippen LogP contribution in [0.5, 0.6) is 0 Å². The Kier molecular flexibility index (Phi) is 4.38. The van der Waals surface area contributed by atoms with Gasteiger partial charge in [0.1, 0.15) is 0 Å². The van der Waals surface area contributed by atoms with E-state index in [9.17, 15) is 25.0 Å². The van der Waals surface area contributed by atoms with Crippen molar-refractivity contribution >= 4 is 23.2 Å². The molecule has 2 rings (SSSR count). The van der Waals surface area contributed by atoms with E-state index in [1.807, 2.05) is 0 Å². The fourth-order valence-electron chi connectivity index (χ4n) is 1.89. The van der Waals surface area contributed by atoms with Crippen molar-refractivity contribution in [2.75, 3.05) is 0 Å². The van der Waals surface area contributed by atoms with Gasteiger partial charge in [-0.15, -0.1) is 0 Å². The number of nitro groups is 2. The van der Waals surface area contributed by atoms with Gasteiger partial charge in [0.05, 0.1) is 21.0 Å². The summed E-state index contributed by atoms with van der Waals surface area (Å²) in [5.41, 5.74) is -0.268. The topological polar surface area (TPSA) is 103 Å². The Balaban J connectivity index is 2.34. The number of rotatable bonds is 5. The fourth-order valence-corrected chi connectivity index (χ4v) is 1.89. The fraction of sp³-hybridized carbons (Fsp3) is 0. The van der Waals surface area contributed by atoms with Crippen molar-refractivity contribution in [3.63, 3.8) is 0 Å². The molecule has 0 aliphatic carbocycles. The lowest BCUT2D eigenvalue weighted by atomic mass is 10.1. The highest BCUT2D eigenvalue weighted by Gasteiger charge is 2.17. The molecule has 0 unspecified atom stereocenters. The molecule has 0 aliphatic heterocycles. The van der Waals surface area contributed by atoms with E-state index in [0.29, 0.717) is 0 Å². The number of allylic oxidation sites excluding steroid dienone is 1. The van der Waals surface area contributed by atoms with Crippen LogP contribution in [0.1, 0.15) is 15.9 Å².